The van der Waals surface area contributed by atoms with E-state index in [-0.39, 0.29) is 12.0 Å². The third kappa shape index (κ3) is 2.69. The van der Waals surface area contributed by atoms with E-state index in [1.165, 1.54) is 0 Å². The van der Waals surface area contributed by atoms with Crippen LogP contribution in [0.25, 0.3) is 0 Å². The van der Waals surface area contributed by atoms with Crippen molar-refractivity contribution < 1.29 is 4.52 Å². The van der Waals surface area contributed by atoms with Crippen molar-refractivity contribution in [2.75, 3.05) is 5.32 Å². The van der Waals surface area contributed by atoms with Crippen LogP contribution in [-0.4, -0.2) is 19.9 Å². The Morgan fingerprint density at radius 2 is 2.17 bits per heavy atom. The van der Waals surface area contributed by atoms with Crippen LogP contribution < -0.4 is 5.32 Å². The average Bonchev–Trinajstić information content (AvgIpc) is 2.97. The number of nitrogens with one attached hydrogen (secondary N) is 1. The predicted molar refractivity (Wildman–Crippen MR) is 68.3 cm³/mol. The molecule has 6 nitrogen and oxygen atoms in total. The first-order chi connectivity index (χ1) is 8.60. The van der Waals surface area contributed by atoms with Gasteiger partial charge in [-0.3, -0.25) is 4.68 Å². The van der Waals surface area contributed by atoms with Gasteiger partial charge >= 0.3 is 0 Å². The van der Waals surface area contributed by atoms with Crippen LogP contribution in [-0.2, 0) is 6.54 Å². The zero-order chi connectivity index (χ0) is 13.1. The molecule has 2 aromatic heterocycles. The van der Waals surface area contributed by atoms with Crippen LogP contribution in [0, 0.1) is 0 Å². The molecule has 0 saturated heterocycles. The summed E-state index contributed by atoms with van der Waals surface area (Å²) in [7, 11) is 0. The van der Waals surface area contributed by atoms with Gasteiger partial charge in [0, 0.05) is 18.7 Å². The van der Waals surface area contributed by atoms with E-state index in [0.717, 1.165) is 18.1 Å². The maximum Gasteiger partial charge on any atom is 0.248 e. The first-order valence-electron chi connectivity index (χ1n) is 6.22. The summed E-state index contributed by atoms with van der Waals surface area (Å²) in [6, 6.07) is -0.0282. The second-order valence-corrected chi connectivity index (χ2v) is 4.60. The molecule has 0 unspecified atom stereocenters. The second kappa shape index (κ2) is 5.20. The SMILES string of the molecule is CCn1cc(N[C@H](C)c2nc(C(C)C)no2)cn1. The molecule has 0 aromatic carbocycles. The van der Waals surface area contributed by atoms with Gasteiger partial charge in [0.15, 0.2) is 5.82 Å². The largest absolute Gasteiger partial charge is 0.371 e. The molecule has 0 bridgehead atoms. The van der Waals surface area contributed by atoms with Crippen LogP contribution in [0.3, 0.4) is 0 Å². The summed E-state index contributed by atoms with van der Waals surface area (Å²) in [5.74, 6) is 1.61. The van der Waals surface area contributed by atoms with Crippen molar-refractivity contribution in [1.82, 2.24) is 19.9 Å². The number of aromatic nitrogens is 4. The molecule has 2 heterocycles. The minimum atomic E-state index is -0.0282. The molecule has 0 spiro atoms. The number of rotatable bonds is 5. The van der Waals surface area contributed by atoms with Gasteiger partial charge in [-0.2, -0.15) is 10.1 Å². The van der Waals surface area contributed by atoms with E-state index in [1.54, 1.807) is 6.20 Å². The maximum absolute atomic E-state index is 5.24. The Balaban J connectivity index is 2.04. The lowest BCUT2D eigenvalue weighted by molar-refractivity contribution is 0.361. The highest BCUT2D eigenvalue weighted by atomic mass is 16.5. The molecule has 6 heteroatoms. The summed E-state index contributed by atoms with van der Waals surface area (Å²) in [5.41, 5.74) is 0.952. The Bertz CT molecular complexity index is 502. The Hall–Kier alpha value is -1.85. The number of nitrogens with zero attached hydrogens (tertiary/aromatic N) is 4. The van der Waals surface area contributed by atoms with E-state index in [4.69, 9.17) is 4.52 Å². The van der Waals surface area contributed by atoms with Gasteiger partial charge in [-0.25, -0.2) is 0 Å². The van der Waals surface area contributed by atoms with Crippen molar-refractivity contribution in [2.45, 2.75) is 46.2 Å². The highest BCUT2D eigenvalue weighted by molar-refractivity contribution is 5.39. The number of hydrogen-bond acceptors (Lipinski definition) is 5. The van der Waals surface area contributed by atoms with E-state index >= 15 is 0 Å². The van der Waals surface area contributed by atoms with Crippen molar-refractivity contribution in [1.29, 1.82) is 0 Å². The fraction of sp³-hybridized carbons (Fsp3) is 0.583. The second-order valence-electron chi connectivity index (χ2n) is 4.60. The Kier molecular flexibility index (Phi) is 3.64. The number of aryl methyl sites for hydroxylation is 1. The molecule has 0 radical (unpaired) electrons. The van der Waals surface area contributed by atoms with Gasteiger partial charge in [-0.05, 0) is 13.8 Å². The lowest BCUT2D eigenvalue weighted by Gasteiger charge is -2.08. The highest BCUT2D eigenvalue weighted by Gasteiger charge is 2.16. The van der Waals surface area contributed by atoms with E-state index in [0.29, 0.717) is 5.89 Å². The van der Waals surface area contributed by atoms with Crippen molar-refractivity contribution in [3.63, 3.8) is 0 Å². The smallest absolute Gasteiger partial charge is 0.248 e. The van der Waals surface area contributed by atoms with Crippen molar-refractivity contribution in [3.05, 3.63) is 24.1 Å². The molecule has 0 fully saturated rings. The fourth-order valence-corrected chi connectivity index (χ4v) is 1.58. The van der Waals surface area contributed by atoms with Crippen LogP contribution in [0.5, 0.6) is 0 Å². The molecular weight excluding hydrogens is 230 g/mol. The topological polar surface area (TPSA) is 68.8 Å². The molecule has 0 aliphatic heterocycles. The Morgan fingerprint density at radius 3 is 2.72 bits per heavy atom. The van der Waals surface area contributed by atoms with Crippen LogP contribution in [0.1, 0.15) is 51.4 Å². The van der Waals surface area contributed by atoms with E-state index in [2.05, 4.69) is 20.6 Å². The molecular formula is C12H19N5O. The average molecular weight is 249 g/mol. The summed E-state index contributed by atoms with van der Waals surface area (Å²) in [6.07, 6.45) is 3.75. The first kappa shape index (κ1) is 12.6. The van der Waals surface area contributed by atoms with Crippen molar-refractivity contribution in [3.8, 4) is 0 Å². The molecule has 0 aliphatic rings. The molecule has 18 heavy (non-hydrogen) atoms. The maximum atomic E-state index is 5.24. The minimum absolute atomic E-state index is 0.0282. The summed E-state index contributed by atoms with van der Waals surface area (Å²) < 4.78 is 7.11. The van der Waals surface area contributed by atoms with Gasteiger partial charge in [0.2, 0.25) is 5.89 Å². The van der Waals surface area contributed by atoms with Crippen molar-refractivity contribution >= 4 is 5.69 Å². The molecule has 1 atom stereocenters. The number of hydrogen-bond donors (Lipinski definition) is 1. The third-order valence-corrected chi connectivity index (χ3v) is 2.68. The first-order valence-corrected chi connectivity index (χ1v) is 6.22. The minimum Gasteiger partial charge on any atom is -0.371 e. The zero-order valence-corrected chi connectivity index (χ0v) is 11.2. The fourth-order valence-electron chi connectivity index (χ4n) is 1.58. The molecule has 1 N–H and O–H groups in total. The standard InChI is InChI=1S/C12H19N5O/c1-5-17-7-10(6-13-17)14-9(4)12-15-11(8(2)3)16-18-12/h6-9,14H,5H2,1-4H3/t9-/m1/s1. The van der Waals surface area contributed by atoms with Crippen LogP contribution >= 0.6 is 0 Å². The van der Waals surface area contributed by atoms with Crippen LogP contribution in [0.15, 0.2) is 16.9 Å². The molecule has 0 saturated carbocycles. The van der Waals surface area contributed by atoms with E-state index in [9.17, 15) is 0 Å². The normalized spacial score (nSPS) is 12.9. The summed E-state index contributed by atoms with van der Waals surface area (Å²) >= 11 is 0. The monoisotopic (exact) mass is 249 g/mol. The highest BCUT2D eigenvalue weighted by Crippen LogP contribution is 2.19. The Morgan fingerprint density at radius 1 is 1.39 bits per heavy atom. The van der Waals surface area contributed by atoms with Crippen LogP contribution in [0.4, 0.5) is 5.69 Å². The molecule has 2 aromatic rings. The zero-order valence-electron chi connectivity index (χ0n) is 11.2. The quantitative estimate of drug-likeness (QED) is 0.882. The third-order valence-electron chi connectivity index (χ3n) is 2.68. The molecule has 2 rings (SSSR count). The molecule has 0 amide bonds. The van der Waals surface area contributed by atoms with Gasteiger partial charge in [-0.1, -0.05) is 19.0 Å². The van der Waals surface area contributed by atoms with Gasteiger partial charge in [0.05, 0.1) is 11.9 Å². The molecule has 0 aliphatic carbocycles. The summed E-state index contributed by atoms with van der Waals surface area (Å²) in [4.78, 5) is 4.37. The molecule has 98 valence electrons. The lowest BCUT2D eigenvalue weighted by atomic mass is 10.2. The van der Waals surface area contributed by atoms with Gasteiger partial charge in [-0.15, -0.1) is 0 Å². The van der Waals surface area contributed by atoms with E-state index in [1.807, 2.05) is 38.6 Å². The van der Waals surface area contributed by atoms with Gasteiger partial charge in [0.1, 0.15) is 6.04 Å². The van der Waals surface area contributed by atoms with Crippen molar-refractivity contribution in [2.24, 2.45) is 0 Å². The van der Waals surface area contributed by atoms with Gasteiger partial charge in [0.25, 0.3) is 0 Å². The van der Waals surface area contributed by atoms with Crippen LogP contribution in [0.2, 0.25) is 0 Å². The van der Waals surface area contributed by atoms with Gasteiger partial charge < -0.3 is 9.84 Å². The number of anilines is 1. The predicted octanol–water partition coefficient (Wildman–Crippen LogP) is 2.58. The Labute approximate surface area is 106 Å². The van der Waals surface area contributed by atoms with E-state index < -0.39 is 0 Å². The summed E-state index contributed by atoms with van der Waals surface area (Å²) in [6.45, 7) is 8.97. The summed E-state index contributed by atoms with van der Waals surface area (Å²) in [5, 5.41) is 11.4. The lowest BCUT2D eigenvalue weighted by Crippen LogP contribution is -2.06.